The summed E-state index contributed by atoms with van der Waals surface area (Å²) >= 11 is 0. The summed E-state index contributed by atoms with van der Waals surface area (Å²) in [6.07, 6.45) is -8.98. The maximum Gasteiger partial charge on any atom is 0.416 e. The Kier molecular flexibility index (Phi) is 4.51. The number of pyridine rings is 1. The van der Waals surface area contributed by atoms with Crippen LogP contribution in [-0.2, 0) is 6.18 Å². The topological polar surface area (TPSA) is 59.2 Å². The molecule has 0 unspecified atom stereocenters. The van der Waals surface area contributed by atoms with E-state index in [-0.39, 0.29) is 27.9 Å². The van der Waals surface area contributed by atoms with Crippen molar-refractivity contribution in [3.8, 4) is 11.3 Å². The van der Waals surface area contributed by atoms with Gasteiger partial charge in [-0.3, -0.25) is 4.79 Å². The Morgan fingerprint density at radius 1 is 1.13 bits per heavy atom. The van der Waals surface area contributed by atoms with Crippen molar-refractivity contribution in [2.24, 2.45) is 5.92 Å². The summed E-state index contributed by atoms with van der Waals surface area (Å²) in [5.41, 5.74) is -0.623. The number of hydrogen-bond acceptors (Lipinski definition) is 4. The second-order valence-electron chi connectivity index (χ2n) is 7.03. The third kappa shape index (κ3) is 3.48. The quantitative estimate of drug-likeness (QED) is 0.547. The molecule has 0 radical (unpaired) electrons. The van der Waals surface area contributed by atoms with Crippen LogP contribution in [0.5, 0.6) is 0 Å². The van der Waals surface area contributed by atoms with E-state index in [1.54, 1.807) is 0 Å². The molecule has 1 fully saturated rings. The zero-order valence-electron chi connectivity index (χ0n) is 15.3. The van der Waals surface area contributed by atoms with Gasteiger partial charge in [-0.15, -0.1) is 0 Å². The normalized spacial score (nSPS) is 15.5. The van der Waals surface area contributed by atoms with Crippen LogP contribution in [0.3, 0.4) is 0 Å². The zero-order valence-corrected chi connectivity index (χ0v) is 15.3. The molecule has 0 N–H and O–H groups in total. The van der Waals surface area contributed by atoms with Crippen molar-refractivity contribution < 1.29 is 35.7 Å². The largest absolute Gasteiger partial charge is 0.416 e. The Morgan fingerprint density at radius 2 is 1.83 bits per heavy atom. The number of alkyl halides is 6. The summed E-state index contributed by atoms with van der Waals surface area (Å²) in [4.78, 5) is 18.0. The Balaban J connectivity index is 1.76. The number of fused-ring (bicyclic) bond motifs is 1. The highest BCUT2D eigenvalue weighted by atomic mass is 19.4. The fourth-order valence-corrected chi connectivity index (χ4v) is 3.29. The van der Waals surface area contributed by atoms with E-state index in [9.17, 15) is 31.1 Å². The number of halogens is 6. The van der Waals surface area contributed by atoms with Crippen LogP contribution < -0.4 is 0 Å². The van der Waals surface area contributed by atoms with E-state index in [0.29, 0.717) is 5.69 Å². The van der Waals surface area contributed by atoms with Crippen molar-refractivity contribution in [1.29, 1.82) is 0 Å². The molecule has 0 saturated carbocycles. The molecule has 1 aromatic carbocycles. The summed E-state index contributed by atoms with van der Waals surface area (Å²) in [5, 5.41) is 3.93. The highest BCUT2D eigenvalue weighted by Gasteiger charge is 2.49. The van der Waals surface area contributed by atoms with Crippen molar-refractivity contribution in [3.05, 3.63) is 47.2 Å². The molecule has 158 valence electrons. The highest BCUT2D eigenvalue weighted by Crippen LogP contribution is 2.36. The van der Waals surface area contributed by atoms with Gasteiger partial charge in [-0.2, -0.15) is 26.3 Å². The van der Waals surface area contributed by atoms with E-state index in [0.717, 1.165) is 17.0 Å². The number of carbonyl (C=O) groups is 1. The molecule has 1 amide bonds. The van der Waals surface area contributed by atoms with Crippen LogP contribution in [0.2, 0.25) is 0 Å². The maximum atomic E-state index is 13.0. The Morgan fingerprint density at radius 3 is 2.47 bits per heavy atom. The molecule has 3 aromatic rings. The molecular formula is C19H13F6N3O2. The number of carbonyl (C=O) groups excluding carboxylic acids is 1. The highest BCUT2D eigenvalue weighted by molar-refractivity contribution is 6.07. The number of rotatable bonds is 2. The van der Waals surface area contributed by atoms with E-state index in [4.69, 9.17) is 4.52 Å². The van der Waals surface area contributed by atoms with E-state index in [1.807, 2.05) is 0 Å². The van der Waals surface area contributed by atoms with Gasteiger partial charge in [0.25, 0.3) is 11.6 Å². The van der Waals surface area contributed by atoms with Gasteiger partial charge < -0.3 is 9.42 Å². The molecular weight excluding hydrogens is 416 g/mol. The van der Waals surface area contributed by atoms with E-state index < -0.39 is 42.8 Å². The second kappa shape index (κ2) is 6.71. The molecule has 1 aliphatic rings. The Hall–Kier alpha value is -3.11. The molecule has 5 nitrogen and oxygen atoms in total. The number of aryl methyl sites for hydroxylation is 1. The van der Waals surface area contributed by atoms with Crippen molar-refractivity contribution in [2.75, 3.05) is 13.1 Å². The van der Waals surface area contributed by atoms with Crippen LogP contribution in [0.4, 0.5) is 26.3 Å². The summed E-state index contributed by atoms with van der Waals surface area (Å²) < 4.78 is 82.5. The Labute approximate surface area is 165 Å². The molecule has 0 atom stereocenters. The van der Waals surface area contributed by atoms with E-state index >= 15 is 0 Å². The van der Waals surface area contributed by atoms with E-state index in [1.165, 1.54) is 25.1 Å². The smallest absolute Gasteiger partial charge is 0.337 e. The number of likely N-dealkylation sites (tertiary alicyclic amines) is 1. The third-order valence-corrected chi connectivity index (χ3v) is 4.96. The number of nitrogens with zero attached hydrogens (tertiary/aromatic N) is 3. The maximum absolute atomic E-state index is 13.0. The first kappa shape index (κ1) is 20.2. The average Bonchev–Trinajstić information content (AvgIpc) is 2.99. The lowest BCUT2D eigenvalue weighted by Crippen LogP contribution is -2.55. The van der Waals surface area contributed by atoms with Crippen LogP contribution in [0.15, 0.2) is 34.9 Å². The van der Waals surface area contributed by atoms with Gasteiger partial charge in [-0.05, 0) is 25.1 Å². The van der Waals surface area contributed by atoms with Crippen molar-refractivity contribution in [2.45, 2.75) is 19.3 Å². The number of hydrogen-bond donors (Lipinski definition) is 0. The summed E-state index contributed by atoms with van der Waals surface area (Å²) in [7, 11) is 0. The standard InChI is InChI=1S/C19H13F6N3O2/c1-9-15-13(17(29)28-7-12(8-28)19(23,24)25)6-14(26-16(15)30-27-9)10-3-2-4-11(5-10)18(20,21)22/h2-6,12H,7-8H2,1H3. The summed E-state index contributed by atoms with van der Waals surface area (Å²) in [6.45, 7) is 0.549. The molecule has 4 rings (SSSR count). The molecule has 0 bridgehead atoms. The first-order chi connectivity index (χ1) is 13.9. The molecule has 1 saturated heterocycles. The van der Waals surface area contributed by atoms with Gasteiger partial charge in [0.15, 0.2) is 0 Å². The van der Waals surface area contributed by atoms with Crippen molar-refractivity contribution >= 4 is 17.0 Å². The zero-order chi connectivity index (χ0) is 21.8. The van der Waals surface area contributed by atoms with E-state index in [2.05, 4.69) is 10.1 Å². The van der Waals surface area contributed by atoms with Crippen LogP contribution in [0, 0.1) is 12.8 Å². The van der Waals surface area contributed by atoms with Gasteiger partial charge in [0, 0.05) is 18.7 Å². The van der Waals surface area contributed by atoms with Gasteiger partial charge in [0.1, 0.15) is 0 Å². The van der Waals surface area contributed by atoms with Gasteiger partial charge in [-0.1, -0.05) is 17.3 Å². The summed E-state index contributed by atoms with van der Waals surface area (Å²) in [6, 6.07) is 5.59. The van der Waals surface area contributed by atoms with Crippen LogP contribution in [0.1, 0.15) is 21.6 Å². The Bertz CT molecular complexity index is 1130. The van der Waals surface area contributed by atoms with Crippen LogP contribution in [-0.4, -0.2) is 40.2 Å². The molecule has 1 aliphatic heterocycles. The minimum absolute atomic E-state index is 0.0148. The first-order valence-electron chi connectivity index (χ1n) is 8.76. The average molecular weight is 429 g/mol. The first-order valence-corrected chi connectivity index (χ1v) is 8.76. The molecule has 0 aliphatic carbocycles. The molecule has 11 heteroatoms. The van der Waals surface area contributed by atoms with Crippen molar-refractivity contribution in [3.63, 3.8) is 0 Å². The van der Waals surface area contributed by atoms with Crippen LogP contribution >= 0.6 is 0 Å². The molecule has 0 spiro atoms. The fraction of sp³-hybridized carbons (Fsp3) is 0.316. The van der Waals surface area contributed by atoms with Gasteiger partial charge >= 0.3 is 12.4 Å². The predicted molar refractivity (Wildman–Crippen MR) is 92.4 cm³/mol. The monoisotopic (exact) mass is 429 g/mol. The minimum atomic E-state index is -4.58. The van der Waals surface area contributed by atoms with Gasteiger partial charge in [-0.25, -0.2) is 4.98 Å². The predicted octanol–water partition coefficient (Wildman–Crippen LogP) is 4.85. The third-order valence-electron chi connectivity index (χ3n) is 4.96. The number of aromatic nitrogens is 2. The van der Waals surface area contributed by atoms with Crippen LogP contribution in [0.25, 0.3) is 22.4 Å². The lowest BCUT2D eigenvalue weighted by Gasteiger charge is -2.40. The molecule has 3 heterocycles. The van der Waals surface area contributed by atoms with Gasteiger partial charge in [0.2, 0.25) is 0 Å². The second-order valence-corrected chi connectivity index (χ2v) is 7.03. The lowest BCUT2D eigenvalue weighted by atomic mass is 9.97. The lowest BCUT2D eigenvalue weighted by molar-refractivity contribution is -0.202. The fourth-order valence-electron chi connectivity index (χ4n) is 3.29. The van der Waals surface area contributed by atoms with Gasteiger partial charge in [0.05, 0.1) is 33.8 Å². The van der Waals surface area contributed by atoms with Crippen molar-refractivity contribution in [1.82, 2.24) is 15.0 Å². The number of amides is 1. The summed E-state index contributed by atoms with van der Waals surface area (Å²) in [5.74, 6) is -2.30. The SMILES string of the molecule is Cc1noc2nc(-c3cccc(C(F)(F)F)c3)cc(C(=O)N3CC(C(F)(F)F)C3)c12. The molecule has 2 aromatic heterocycles. The molecule has 30 heavy (non-hydrogen) atoms. The minimum Gasteiger partial charge on any atom is -0.337 e. The number of benzene rings is 1.